The van der Waals surface area contributed by atoms with Gasteiger partial charge in [-0.05, 0) is 25.4 Å². The van der Waals surface area contributed by atoms with Crippen LogP contribution in [0.25, 0.3) is 0 Å². The Kier molecular flexibility index (Phi) is 2.88. The molecule has 0 aliphatic heterocycles. The number of carbonyl (C=O) groups is 1. The van der Waals surface area contributed by atoms with Crippen molar-refractivity contribution < 1.29 is 4.79 Å². The fourth-order valence-corrected chi connectivity index (χ4v) is 2.43. The second kappa shape index (κ2) is 4.16. The number of hydrogen-bond acceptors (Lipinski definition) is 6. The summed E-state index contributed by atoms with van der Waals surface area (Å²) in [6.45, 7) is 3.72. The number of aryl methyl sites for hydroxylation is 2. The lowest BCUT2D eigenvalue weighted by Crippen LogP contribution is -2.03. The first kappa shape index (κ1) is 10.4. The second-order valence-corrected chi connectivity index (χ2v) is 4.96. The summed E-state index contributed by atoms with van der Waals surface area (Å²) in [6, 6.07) is 0. The third-order valence-corrected chi connectivity index (χ3v) is 3.60. The Morgan fingerprint density at radius 1 is 1.47 bits per heavy atom. The van der Waals surface area contributed by atoms with Crippen molar-refractivity contribution in [3.63, 3.8) is 0 Å². The van der Waals surface area contributed by atoms with Gasteiger partial charge < -0.3 is 0 Å². The van der Waals surface area contributed by atoms with Gasteiger partial charge in [0.1, 0.15) is 4.88 Å². The average Bonchev–Trinajstić information content (AvgIpc) is 2.75. The molecule has 0 saturated carbocycles. The summed E-state index contributed by atoms with van der Waals surface area (Å²) < 4.78 is 3.74. The van der Waals surface area contributed by atoms with Crippen LogP contribution in [-0.2, 0) is 6.42 Å². The fraction of sp³-hybridized carbons (Fsp3) is 0.333. The minimum atomic E-state index is 0.0489. The number of aromatic nitrogens is 3. The molecule has 0 N–H and O–H groups in total. The van der Waals surface area contributed by atoms with Crippen LogP contribution in [0, 0.1) is 13.8 Å². The number of Topliss-reactive ketones (excluding diaryl/α,β-unsaturated/α-hetero) is 1. The molecule has 4 nitrogen and oxygen atoms in total. The summed E-state index contributed by atoms with van der Waals surface area (Å²) in [4.78, 5) is 16.7. The largest absolute Gasteiger partial charge is 0.293 e. The van der Waals surface area contributed by atoms with Crippen molar-refractivity contribution >= 4 is 28.7 Å². The second-order valence-electron chi connectivity index (χ2n) is 3.15. The number of ketones is 1. The van der Waals surface area contributed by atoms with Gasteiger partial charge in [0.2, 0.25) is 0 Å². The van der Waals surface area contributed by atoms with E-state index in [1.54, 1.807) is 18.3 Å². The summed E-state index contributed by atoms with van der Waals surface area (Å²) in [5.74, 6) is 0.0489. The van der Waals surface area contributed by atoms with E-state index in [0.717, 1.165) is 22.2 Å². The topological polar surface area (TPSA) is 55.7 Å². The maximum absolute atomic E-state index is 11.8. The molecule has 0 aliphatic carbocycles. The van der Waals surface area contributed by atoms with Gasteiger partial charge in [0.05, 0.1) is 22.8 Å². The van der Waals surface area contributed by atoms with Gasteiger partial charge in [-0.1, -0.05) is 4.49 Å². The molecular weight excluding hydrogens is 230 g/mol. The van der Waals surface area contributed by atoms with Crippen LogP contribution < -0.4 is 0 Å². The van der Waals surface area contributed by atoms with Crippen molar-refractivity contribution in [3.8, 4) is 0 Å². The van der Waals surface area contributed by atoms with E-state index in [1.165, 1.54) is 0 Å². The Hall–Kier alpha value is -1.14. The third kappa shape index (κ3) is 2.27. The van der Waals surface area contributed by atoms with E-state index in [0.29, 0.717) is 17.0 Å². The van der Waals surface area contributed by atoms with Gasteiger partial charge in [-0.15, -0.1) is 16.4 Å². The van der Waals surface area contributed by atoms with Crippen LogP contribution in [0.2, 0.25) is 0 Å². The zero-order valence-electron chi connectivity index (χ0n) is 8.35. The molecule has 0 atom stereocenters. The Morgan fingerprint density at radius 3 is 2.80 bits per heavy atom. The van der Waals surface area contributed by atoms with Crippen molar-refractivity contribution in [2.75, 3.05) is 0 Å². The predicted octanol–water partition coefficient (Wildman–Crippen LogP) is 2.04. The van der Waals surface area contributed by atoms with E-state index in [2.05, 4.69) is 14.6 Å². The fourth-order valence-electron chi connectivity index (χ4n) is 1.22. The smallest absolute Gasteiger partial charge is 0.182 e. The predicted molar refractivity (Wildman–Crippen MR) is 59.5 cm³/mol. The summed E-state index contributed by atoms with van der Waals surface area (Å²) in [5, 5.41) is 6.71. The van der Waals surface area contributed by atoms with E-state index < -0.39 is 0 Å². The summed E-state index contributed by atoms with van der Waals surface area (Å²) in [6.07, 6.45) is 0.342. The zero-order chi connectivity index (χ0) is 10.8. The number of carbonyl (C=O) groups excluding carboxylic acids is 1. The lowest BCUT2D eigenvalue weighted by Gasteiger charge is -1.94. The molecule has 0 unspecified atom stereocenters. The molecule has 0 radical (unpaired) electrons. The van der Waals surface area contributed by atoms with Crippen LogP contribution in [0.1, 0.15) is 26.1 Å². The van der Waals surface area contributed by atoms with E-state index in [-0.39, 0.29) is 5.78 Å². The molecule has 0 aliphatic rings. The highest BCUT2D eigenvalue weighted by Gasteiger charge is 2.14. The highest BCUT2D eigenvalue weighted by Crippen LogP contribution is 2.15. The molecule has 0 bridgehead atoms. The first-order chi connectivity index (χ1) is 7.16. The molecule has 78 valence electrons. The summed E-state index contributed by atoms with van der Waals surface area (Å²) in [7, 11) is 0. The van der Waals surface area contributed by atoms with Crippen LogP contribution in [0.3, 0.4) is 0 Å². The SMILES string of the molecule is Cc1nc(CC(=O)c2snnc2C)cs1. The first-order valence-electron chi connectivity index (χ1n) is 4.40. The minimum absolute atomic E-state index is 0.0489. The molecule has 0 fully saturated rings. The maximum Gasteiger partial charge on any atom is 0.182 e. The van der Waals surface area contributed by atoms with Gasteiger partial charge in [0.25, 0.3) is 0 Å². The van der Waals surface area contributed by atoms with Crippen LogP contribution in [0.5, 0.6) is 0 Å². The normalized spacial score (nSPS) is 10.5. The monoisotopic (exact) mass is 239 g/mol. The average molecular weight is 239 g/mol. The van der Waals surface area contributed by atoms with Gasteiger partial charge in [0.15, 0.2) is 5.78 Å². The Morgan fingerprint density at radius 2 is 2.27 bits per heavy atom. The van der Waals surface area contributed by atoms with Crippen molar-refractivity contribution in [3.05, 3.63) is 26.7 Å². The molecule has 2 heterocycles. The molecule has 0 saturated heterocycles. The van der Waals surface area contributed by atoms with Crippen LogP contribution in [0.4, 0.5) is 0 Å². The zero-order valence-corrected chi connectivity index (χ0v) is 9.98. The standard InChI is InChI=1S/C9H9N3OS2/c1-5-9(15-12-11-5)8(13)3-7-4-14-6(2)10-7/h4H,3H2,1-2H3. The van der Waals surface area contributed by atoms with E-state index in [1.807, 2.05) is 12.3 Å². The van der Waals surface area contributed by atoms with E-state index >= 15 is 0 Å². The highest BCUT2D eigenvalue weighted by molar-refractivity contribution is 7.09. The molecule has 2 aromatic heterocycles. The van der Waals surface area contributed by atoms with Gasteiger partial charge in [-0.25, -0.2) is 4.98 Å². The molecule has 6 heteroatoms. The quantitative estimate of drug-likeness (QED) is 0.769. The molecular formula is C9H9N3OS2. The van der Waals surface area contributed by atoms with Gasteiger partial charge in [-0.2, -0.15) is 0 Å². The van der Waals surface area contributed by atoms with Crippen LogP contribution in [0.15, 0.2) is 5.38 Å². The molecule has 2 aromatic rings. The lowest BCUT2D eigenvalue weighted by molar-refractivity contribution is 0.0995. The Bertz CT molecular complexity index is 489. The van der Waals surface area contributed by atoms with Crippen molar-refractivity contribution in [2.45, 2.75) is 20.3 Å². The van der Waals surface area contributed by atoms with E-state index in [4.69, 9.17) is 0 Å². The molecule has 15 heavy (non-hydrogen) atoms. The first-order valence-corrected chi connectivity index (χ1v) is 6.05. The highest BCUT2D eigenvalue weighted by atomic mass is 32.1. The van der Waals surface area contributed by atoms with Gasteiger partial charge in [0, 0.05) is 5.38 Å². The van der Waals surface area contributed by atoms with Crippen LogP contribution in [-0.4, -0.2) is 20.4 Å². The number of thiazole rings is 1. The Balaban J connectivity index is 2.14. The molecule has 0 aromatic carbocycles. The molecule has 0 amide bonds. The van der Waals surface area contributed by atoms with Crippen LogP contribution >= 0.6 is 22.9 Å². The number of rotatable bonds is 3. The van der Waals surface area contributed by atoms with Crippen molar-refractivity contribution in [2.24, 2.45) is 0 Å². The summed E-state index contributed by atoms with van der Waals surface area (Å²) in [5.41, 5.74) is 1.53. The maximum atomic E-state index is 11.8. The number of nitrogens with zero attached hydrogens (tertiary/aromatic N) is 3. The lowest BCUT2D eigenvalue weighted by atomic mass is 10.2. The minimum Gasteiger partial charge on any atom is -0.293 e. The van der Waals surface area contributed by atoms with Gasteiger partial charge in [-0.3, -0.25) is 4.79 Å². The summed E-state index contributed by atoms with van der Waals surface area (Å²) >= 11 is 2.71. The molecule has 0 spiro atoms. The van der Waals surface area contributed by atoms with E-state index in [9.17, 15) is 4.79 Å². The van der Waals surface area contributed by atoms with Crippen molar-refractivity contribution in [1.82, 2.24) is 14.6 Å². The number of hydrogen-bond donors (Lipinski definition) is 0. The van der Waals surface area contributed by atoms with Gasteiger partial charge >= 0.3 is 0 Å². The van der Waals surface area contributed by atoms with Crippen molar-refractivity contribution in [1.29, 1.82) is 0 Å². The third-order valence-electron chi connectivity index (χ3n) is 1.91. The molecule has 2 rings (SSSR count). The Labute approximate surface area is 95.2 Å².